The summed E-state index contributed by atoms with van der Waals surface area (Å²) in [6, 6.07) is 0. The molecule has 0 atom stereocenters. The molecule has 0 aromatic rings. The Labute approximate surface area is 73.5 Å². The molecule has 12 heavy (non-hydrogen) atoms. The highest BCUT2D eigenvalue weighted by Crippen LogP contribution is 2.04. The van der Waals surface area contributed by atoms with Crippen molar-refractivity contribution < 1.29 is 9.53 Å². The predicted octanol–water partition coefficient (Wildman–Crippen LogP) is -0.124. The van der Waals surface area contributed by atoms with Crippen molar-refractivity contribution in [2.45, 2.75) is 25.9 Å². The third kappa shape index (κ3) is 6.12. The van der Waals surface area contributed by atoms with Crippen molar-refractivity contribution in [2.75, 3.05) is 20.2 Å². The molecule has 0 aliphatic rings. The minimum absolute atomic E-state index is 0.183. The van der Waals surface area contributed by atoms with Crippen LogP contribution in [-0.4, -0.2) is 31.7 Å². The molecule has 0 radical (unpaired) electrons. The van der Waals surface area contributed by atoms with Gasteiger partial charge in [-0.15, -0.1) is 0 Å². The van der Waals surface area contributed by atoms with E-state index in [2.05, 4.69) is 5.32 Å². The Kier molecular flexibility index (Phi) is 4.85. The first-order chi connectivity index (χ1) is 5.48. The van der Waals surface area contributed by atoms with Crippen molar-refractivity contribution in [3.8, 4) is 0 Å². The van der Waals surface area contributed by atoms with E-state index in [0.717, 1.165) is 6.54 Å². The minimum Gasteiger partial charge on any atom is -0.377 e. The molecule has 1 amide bonds. The van der Waals surface area contributed by atoms with E-state index in [-0.39, 0.29) is 11.5 Å². The summed E-state index contributed by atoms with van der Waals surface area (Å²) >= 11 is 0. The fraction of sp³-hybridized carbons (Fsp3) is 0.875. The van der Waals surface area contributed by atoms with Crippen molar-refractivity contribution in [1.29, 1.82) is 0 Å². The Morgan fingerprint density at radius 2 is 2.17 bits per heavy atom. The van der Waals surface area contributed by atoms with E-state index >= 15 is 0 Å². The lowest BCUT2D eigenvalue weighted by atomic mass is 10.1. The molecule has 0 saturated carbocycles. The number of nitrogens with one attached hydrogen (secondary N) is 1. The first-order valence-electron chi connectivity index (χ1n) is 4.02. The monoisotopic (exact) mass is 174 g/mol. The summed E-state index contributed by atoms with van der Waals surface area (Å²) < 4.78 is 5.17. The van der Waals surface area contributed by atoms with Crippen LogP contribution >= 0.6 is 0 Å². The number of carbonyl (C=O) groups excluding carboxylic acids is 1. The van der Waals surface area contributed by atoms with Crippen molar-refractivity contribution >= 4 is 5.91 Å². The van der Waals surface area contributed by atoms with Crippen molar-refractivity contribution in [2.24, 2.45) is 5.73 Å². The van der Waals surface area contributed by atoms with E-state index in [9.17, 15) is 4.79 Å². The van der Waals surface area contributed by atoms with Crippen LogP contribution in [-0.2, 0) is 9.53 Å². The number of rotatable bonds is 6. The van der Waals surface area contributed by atoms with Gasteiger partial charge < -0.3 is 15.8 Å². The molecular formula is C8H18N2O2. The van der Waals surface area contributed by atoms with Crippen LogP contribution in [0.3, 0.4) is 0 Å². The number of amides is 1. The molecule has 0 aromatic carbocycles. The van der Waals surface area contributed by atoms with Gasteiger partial charge in [0.15, 0.2) is 0 Å². The van der Waals surface area contributed by atoms with Gasteiger partial charge in [0, 0.05) is 26.6 Å². The molecule has 0 fully saturated rings. The van der Waals surface area contributed by atoms with E-state index < -0.39 is 0 Å². The summed E-state index contributed by atoms with van der Waals surface area (Å²) in [5, 5.41) is 3.08. The molecular weight excluding hydrogens is 156 g/mol. The largest absolute Gasteiger partial charge is 0.377 e. The number of nitrogens with two attached hydrogens (primary N) is 1. The summed E-state index contributed by atoms with van der Waals surface area (Å²) in [4.78, 5) is 10.3. The molecule has 0 bridgehead atoms. The summed E-state index contributed by atoms with van der Waals surface area (Å²) in [6.45, 7) is 5.29. The highest BCUT2D eigenvalue weighted by Gasteiger charge is 2.14. The number of primary amides is 1. The van der Waals surface area contributed by atoms with E-state index in [1.807, 2.05) is 13.8 Å². The molecule has 0 rings (SSSR count). The van der Waals surface area contributed by atoms with E-state index in [1.54, 1.807) is 7.11 Å². The SMILES string of the molecule is COC(C)(C)CNCCC(N)=O. The van der Waals surface area contributed by atoms with Crippen LogP contribution in [0.1, 0.15) is 20.3 Å². The molecule has 4 nitrogen and oxygen atoms in total. The van der Waals surface area contributed by atoms with Gasteiger partial charge in [-0.1, -0.05) is 0 Å². The Balaban J connectivity index is 3.37. The first-order valence-corrected chi connectivity index (χ1v) is 4.02. The van der Waals surface area contributed by atoms with Crippen LogP contribution in [0.2, 0.25) is 0 Å². The van der Waals surface area contributed by atoms with E-state index in [0.29, 0.717) is 13.0 Å². The summed E-state index contributed by atoms with van der Waals surface area (Å²) in [5.41, 5.74) is 4.78. The second-order valence-corrected chi connectivity index (χ2v) is 3.36. The molecule has 0 saturated heterocycles. The molecule has 0 unspecified atom stereocenters. The van der Waals surface area contributed by atoms with Crippen LogP contribution in [0.4, 0.5) is 0 Å². The van der Waals surface area contributed by atoms with Crippen LogP contribution in [0.25, 0.3) is 0 Å². The van der Waals surface area contributed by atoms with Crippen molar-refractivity contribution in [3.63, 3.8) is 0 Å². The maximum Gasteiger partial charge on any atom is 0.218 e. The van der Waals surface area contributed by atoms with Gasteiger partial charge in [-0.25, -0.2) is 0 Å². The highest BCUT2D eigenvalue weighted by molar-refractivity contribution is 5.73. The Hall–Kier alpha value is -0.610. The molecule has 0 spiro atoms. The van der Waals surface area contributed by atoms with Gasteiger partial charge >= 0.3 is 0 Å². The number of hydrogen-bond donors (Lipinski definition) is 2. The lowest BCUT2D eigenvalue weighted by Gasteiger charge is -2.22. The van der Waals surface area contributed by atoms with Crippen LogP contribution in [0, 0.1) is 0 Å². The van der Waals surface area contributed by atoms with Gasteiger partial charge in [0.2, 0.25) is 5.91 Å². The Morgan fingerprint density at radius 1 is 1.58 bits per heavy atom. The van der Waals surface area contributed by atoms with Gasteiger partial charge in [0.05, 0.1) is 5.60 Å². The smallest absolute Gasteiger partial charge is 0.218 e. The van der Waals surface area contributed by atoms with Crippen LogP contribution < -0.4 is 11.1 Å². The average molecular weight is 174 g/mol. The maximum absolute atomic E-state index is 10.3. The minimum atomic E-state index is -0.280. The fourth-order valence-corrected chi connectivity index (χ4v) is 0.673. The maximum atomic E-state index is 10.3. The molecule has 0 aliphatic heterocycles. The van der Waals surface area contributed by atoms with E-state index in [4.69, 9.17) is 10.5 Å². The summed E-state index contributed by atoms with van der Waals surface area (Å²) in [6.07, 6.45) is 0.375. The predicted molar refractivity (Wildman–Crippen MR) is 47.8 cm³/mol. The summed E-state index contributed by atoms with van der Waals surface area (Å²) in [7, 11) is 1.66. The zero-order valence-corrected chi connectivity index (χ0v) is 8.02. The van der Waals surface area contributed by atoms with Gasteiger partial charge in [-0.3, -0.25) is 4.79 Å². The number of ether oxygens (including phenoxy) is 1. The zero-order valence-electron chi connectivity index (χ0n) is 8.02. The molecule has 0 heterocycles. The zero-order chi connectivity index (χ0) is 9.61. The average Bonchev–Trinajstić information content (AvgIpc) is 1.98. The van der Waals surface area contributed by atoms with Crippen molar-refractivity contribution in [3.05, 3.63) is 0 Å². The lowest BCUT2D eigenvalue weighted by Crippen LogP contribution is -2.37. The van der Waals surface area contributed by atoms with E-state index in [1.165, 1.54) is 0 Å². The first kappa shape index (κ1) is 11.4. The number of hydrogen-bond acceptors (Lipinski definition) is 3. The number of carbonyl (C=O) groups is 1. The van der Waals surface area contributed by atoms with Gasteiger partial charge in [0.1, 0.15) is 0 Å². The van der Waals surface area contributed by atoms with Gasteiger partial charge in [-0.2, -0.15) is 0 Å². The second kappa shape index (κ2) is 5.11. The number of methoxy groups -OCH3 is 1. The quantitative estimate of drug-likeness (QED) is 0.552. The topological polar surface area (TPSA) is 64.3 Å². The Bertz CT molecular complexity index is 146. The summed E-state index contributed by atoms with van der Waals surface area (Å²) in [5.74, 6) is -0.280. The molecule has 0 aromatic heterocycles. The third-order valence-corrected chi connectivity index (χ3v) is 1.65. The molecule has 0 aliphatic carbocycles. The lowest BCUT2D eigenvalue weighted by molar-refractivity contribution is -0.118. The highest BCUT2D eigenvalue weighted by atomic mass is 16.5. The molecule has 3 N–H and O–H groups in total. The standard InChI is InChI=1S/C8H18N2O2/c1-8(2,12-3)6-10-5-4-7(9)11/h10H,4-6H2,1-3H3,(H2,9,11). The van der Waals surface area contributed by atoms with Crippen LogP contribution in [0.15, 0.2) is 0 Å². The van der Waals surface area contributed by atoms with Crippen molar-refractivity contribution in [1.82, 2.24) is 5.32 Å². The fourth-order valence-electron chi connectivity index (χ4n) is 0.673. The van der Waals surface area contributed by atoms with Gasteiger partial charge in [0.25, 0.3) is 0 Å². The molecule has 4 heteroatoms. The third-order valence-electron chi connectivity index (χ3n) is 1.65. The van der Waals surface area contributed by atoms with Crippen LogP contribution in [0.5, 0.6) is 0 Å². The second-order valence-electron chi connectivity index (χ2n) is 3.36. The Morgan fingerprint density at radius 3 is 2.58 bits per heavy atom. The normalized spacial score (nSPS) is 11.6. The van der Waals surface area contributed by atoms with Gasteiger partial charge in [-0.05, 0) is 13.8 Å². The molecule has 72 valence electrons.